The maximum Gasteiger partial charge on any atom is 0.408 e. The number of nitrogens with one attached hydrogen (secondary N) is 2. The second-order valence-electron chi connectivity index (χ2n) is 6.27. The van der Waals surface area contributed by atoms with Crippen LogP contribution in [-0.4, -0.2) is 55.2 Å². The molecule has 0 aromatic rings. The van der Waals surface area contributed by atoms with E-state index in [4.69, 9.17) is 4.74 Å². The minimum Gasteiger partial charge on any atom is -0.444 e. The summed E-state index contributed by atoms with van der Waals surface area (Å²) in [6.45, 7) is 6.73. The zero-order chi connectivity index (χ0) is 14.7. The molecule has 2 amide bonds. The average molecular weight is 271 g/mol. The lowest BCUT2D eigenvalue weighted by Crippen LogP contribution is -2.51. The van der Waals surface area contributed by atoms with Crippen LogP contribution in [0, 0.1) is 0 Å². The zero-order valence-corrected chi connectivity index (χ0v) is 12.5. The van der Waals surface area contributed by atoms with E-state index in [0.717, 1.165) is 6.54 Å². The summed E-state index contributed by atoms with van der Waals surface area (Å²) in [6.07, 6.45) is 0.799. The lowest BCUT2D eigenvalue weighted by atomic mass is 10.2. The molecule has 0 heterocycles. The Balaban J connectivity index is 2.39. The summed E-state index contributed by atoms with van der Waals surface area (Å²) < 4.78 is 5.17. The zero-order valence-electron chi connectivity index (χ0n) is 12.5. The smallest absolute Gasteiger partial charge is 0.408 e. The van der Waals surface area contributed by atoms with Crippen LogP contribution in [0.25, 0.3) is 0 Å². The fourth-order valence-electron chi connectivity index (χ4n) is 1.60. The summed E-state index contributed by atoms with van der Waals surface area (Å²) in [6, 6.07) is 0. The summed E-state index contributed by atoms with van der Waals surface area (Å²) >= 11 is 0. The van der Waals surface area contributed by atoms with Crippen molar-refractivity contribution in [2.45, 2.75) is 44.8 Å². The van der Waals surface area contributed by atoms with Crippen molar-refractivity contribution in [3.63, 3.8) is 0 Å². The molecule has 0 bridgehead atoms. The van der Waals surface area contributed by atoms with Gasteiger partial charge in [0.25, 0.3) is 0 Å². The van der Waals surface area contributed by atoms with E-state index in [1.54, 1.807) is 20.8 Å². The molecule has 0 radical (unpaired) electrons. The highest BCUT2D eigenvalue weighted by Crippen LogP contribution is 2.35. The van der Waals surface area contributed by atoms with Crippen molar-refractivity contribution in [1.29, 1.82) is 0 Å². The molecule has 0 unspecified atom stereocenters. The number of amides is 2. The Morgan fingerprint density at radius 3 is 2.26 bits per heavy atom. The lowest BCUT2D eigenvalue weighted by Gasteiger charge is -2.23. The van der Waals surface area contributed by atoms with E-state index in [2.05, 4.69) is 10.6 Å². The molecule has 1 fully saturated rings. The first-order valence-corrected chi connectivity index (χ1v) is 6.59. The summed E-state index contributed by atoms with van der Waals surface area (Å²) in [5.74, 6) is -0.125. The van der Waals surface area contributed by atoms with Crippen molar-refractivity contribution in [2.24, 2.45) is 0 Å². The number of carbonyl (C=O) groups is 2. The van der Waals surface area contributed by atoms with E-state index in [0.29, 0.717) is 19.4 Å². The fraction of sp³-hybridized carbons (Fsp3) is 0.846. The quantitative estimate of drug-likeness (QED) is 0.773. The molecule has 0 aromatic heterocycles. The van der Waals surface area contributed by atoms with Gasteiger partial charge in [0.15, 0.2) is 0 Å². The third kappa shape index (κ3) is 5.46. The van der Waals surface area contributed by atoms with Gasteiger partial charge in [-0.2, -0.15) is 0 Å². The van der Waals surface area contributed by atoms with Crippen LogP contribution in [0.1, 0.15) is 33.6 Å². The molecule has 6 nitrogen and oxygen atoms in total. The van der Waals surface area contributed by atoms with Crippen molar-refractivity contribution in [2.75, 3.05) is 27.2 Å². The number of hydrogen-bond acceptors (Lipinski definition) is 4. The minimum absolute atomic E-state index is 0.125. The number of ether oxygens (including phenoxy) is 1. The van der Waals surface area contributed by atoms with E-state index in [9.17, 15) is 9.59 Å². The second-order valence-corrected chi connectivity index (χ2v) is 6.27. The third-order valence-corrected chi connectivity index (χ3v) is 2.77. The topological polar surface area (TPSA) is 70.7 Å². The maximum absolute atomic E-state index is 12.0. The van der Waals surface area contributed by atoms with Crippen LogP contribution in [-0.2, 0) is 9.53 Å². The molecular weight excluding hydrogens is 246 g/mol. The Labute approximate surface area is 114 Å². The third-order valence-electron chi connectivity index (χ3n) is 2.77. The van der Waals surface area contributed by atoms with Crippen LogP contribution in [0.2, 0.25) is 0 Å². The van der Waals surface area contributed by atoms with Crippen molar-refractivity contribution < 1.29 is 14.3 Å². The molecule has 1 rings (SSSR count). The molecule has 1 aliphatic carbocycles. The number of carbonyl (C=O) groups excluding carboxylic acids is 2. The highest BCUT2D eigenvalue weighted by molar-refractivity contribution is 5.92. The van der Waals surface area contributed by atoms with E-state index in [1.807, 2.05) is 19.0 Å². The molecule has 0 spiro atoms. The maximum atomic E-state index is 12.0. The highest BCUT2D eigenvalue weighted by atomic mass is 16.6. The molecule has 6 heteroatoms. The van der Waals surface area contributed by atoms with Gasteiger partial charge in [-0.05, 0) is 47.7 Å². The number of alkyl carbamates (subject to hydrolysis) is 1. The Morgan fingerprint density at radius 2 is 1.84 bits per heavy atom. The largest absolute Gasteiger partial charge is 0.444 e. The number of likely N-dealkylation sites (N-methyl/N-ethyl adjacent to an activating group) is 1. The van der Waals surface area contributed by atoms with E-state index >= 15 is 0 Å². The number of hydrogen-bond donors (Lipinski definition) is 2. The van der Waals surface area contributed by atoms with Crippen LogP contribution >= 0.6 is 0 Å². The van der Waals surface area contributed by atoms with Crippen molar-refractivity contribution in [3.05, 3.63) is 0 Å². The van der Waals surface area contributed by atoms with Crippen LogP contribution in [0.3, 0.4) is 0 Å². The highest BCUT2D eigenvalue weighted by Gasteiger charge is 2.51. The molecule has 0 aliphatic heterocycles. The molecule has 1 aliphatic rings. The molecule has 1 saturated carbocycles. The Kier molecular flexibility index (Phi) is 4.79. The van der Waals surface area contributed by atoms with E-state index in [1.165, 1.54) is 0 Å². The van der Waals surface area contributed by atoms with Crippen molar-refractivity contribution >= 4 is 12.0 Å². The summed E-state index contributed by atoms with van der Waals surface area (Å²) in [7, 11) is 3.88. The van der Waals surface area contributed by atoms with E-state index < -0.39 is 17.2 Å². The van der Waals surface area contributed by atoms with Crippen molar-refractivity contribution in [1.82, 2.24) is 15.5 Å². The first-order chi connectivity index (χ1) is 8.65. The van der Waals surface area contributed by atoms with Gasteiger partial charge in [0.1, 0.15) is 11.1 Å². The second kappa shape index (κ2) is 5.77. The van der Waals surface area contributed by atoms with Crippen LogP contribution in [0.4, 0.5) is 4.79 Å². The fourth-order valence-corrected chi connectivity index (χ4v) is 1.60. The van der Waals surface area contributed by atoms with Gasteiger partial charge in [-0.3, -0.25) is 4.79 Å². The Hall–Kier alpha value is -1.30. The van der Waals surface area contributed by atoms with Crippen LogP contribution < -0.4 is 10.6 Å². The van der Waals surface area contributed by atoms with Gasteiger partial charge in [0, 0.05) is 13.1 Å². The summed E-state index contributed by atoms with van der Waals surface area (Å²) in [5.41, 5.74) is -1.31. The molecule has 2 N–H and O–H groups in total. The molecule has 110 valence electrons. The van der Waals surface area contributed by atoms with Gasteiger partial charge in [-0.1, -0.05) is 0 Å². The van der Waals surface area contributed by atoms with Crippen molar-refractivity contribution in [3.8, 4) is 0 Å². The molecular formula is C13H25N3O3. The van der Waals surface area contributed by atoms with Gasteiger partial charge >= 0.3 is 6.09 Å². The van der Waals surface area contributed by atoms with Gasteiger partial charge in [-0.25, -0.2) is 4.79 Å². The Bertz CT molecular complexity index is 344. The molecule has 0 saturated heterocycles. The minimum atomic E-state index is -0.755. The SMILES string of the molecule is CN(C)CCNC(=O)C1(NC(=O)OC(C)(C)C)CC1. The number of nitrogens with zero attached hydrogens (tertiary/aromatic N) is 1. The standard InChI is InChI=1S/C13H25N3O3/c1-12(2,3)19-11(18)15-13(6-7-13)10(17)14-8-9-16(4)5/h6-9H2,1-5H3,(H,14,17)(H,15,18). The molecule has 0 atom stereocenters. The monoisotopic (exact) mass is 271 g/mol. The first-order valence-electron chi connectivity index (χ1n) is 6.59. The predicted molar refractivity (Wildman–Crippen MR) is 72.9 cm³/mol. The first kappa shape index (κ1) is 15.8. The molecule has 19 heavy (non-hydrogen) atoms. The lowest BCUT2D eigenvalue weighted by molar-refractivity contribution is -0.124. The predicted octanol–water partition coefficient (Wildman–Crippen LogP) is 0.722. The van der Waals surface area contributed by atoms with Gasteiger partial charge in [0.2, 0.25) is 5.91 Å². The summed E-state index contributed by atoms with van der Waals surface area (Å²) in [4.78, 5) is 25.7. The molecule has 0 aromatic carbocycles. The van der Waals surface area contributed by atoms with Crippen LogP contribution in [0.15, 0.2) is 0 Å². The summed E-state index contributed by atoms with van der Waals surface area (Å²) in [5, 5.41) is 5.51. The van der Waals surface area contributed by atoms with Gasteiger partial charge in [0.05, 0.1) is 0 Å². The normalized spacial score (nSPS) is 16.9. The van der Waals surface area contributed by atoms with E-state index in [-0.39, 0.29) is 5.91 Å². The Morgan fingerprint density at radius 1 is 1.26 bits per heavy atom. The van der Waals surface area contributed by atoms with Crippen LogP contribution in [0.5, 0.6) is 0 Å². The van der Waals surface area contributed by atoms with Gasteiger partial charge < -0.3 is 20.3 Å². The average Bonchev–Trinajstić information content (AvgIpc) is 2.94. The van der Waals surface area contributed by atoms with Gasteiger partial charge in [-0.15, -0.1) is 0 Å². The number of rotatable bonds is 5.